The third kappa shape index (κ3) is 8.79. The molecule has 0 atom stereocenters. The van der Waals surface area contributed by atoms with E-state index in [2.05, 4.69) is 218 Å². The van der Waals surface area contributed by atoms with Crippen molar-refractivity contribution in [2.24, 2.45) is 9.98 Å². The summed E-state index contributed by atoms with van der Waals surface area (Å²) in [5.74, 6) is 0.724. The van der Waals surface area contributed by atoms with Gasteiger partial charge >= 0.3 is 0 Å². The van der Waals surface area contributed by atoms with Crippen LogP contribution in [0.25, 0.3) is 0 Å². The zero-order valence-electron chi connectivity index (χ0n) is 34.3. The molecule has 7 rings (SSSR count). The van der Waals surface area contributed by atoms with Crippen molar-refractivity contribution in [2.45, 2.75) is 72.1 Å². The number of aromatic nitrogens is 1. The lowest BCUT2D eigenvalue weighted by atomic mass is 9.79. The van der Waals surface area contributed by atoms with Crippen LogP contribution < -0.4 is 0 Å². The van der Waals surface area contributed by atoms with Gasteiger partial charge in [-0.15, -0.1) is 0 Å². The van der Waals surface area contributed by atoms with Crippen LogP contribution in [0.2, 0.25) is 0 Å². The van der Waals surface area contributed by atoms with Crippen LogP contribution >= 0.6 is 0 Å². The van der Waals surface area contributed by atoms with E-state index >= 15 is 0 Å². The molecule has 0 fully saturated rings. The lowest BCUT2D eigenvalue weighted by Gasteiger charge is -2.26. The summed E-state index contributed by atoms with van der Waals surface area (Å²) in [5.41, 5.74) is 16.5. The number of rotatable bonds is 12. The number of benzene rings is 6. The van der Waals surface area contributed by atoms with Gasteiger partial charge < -0.3 is 0 Å². The van der Waals surface area contributed by atoms with Crippen LogP contribution in [0, 0.1) is 6.92 Å². The molecule has 1 aromatic heterocycles. The van der Waals surface area contributed by atoms with Gasteiger partial charge in [-0.25, -0.2) is 4.98 Å². The Morgan fingerprint density at radius 3 is 1.21 bits per heavy atom. The van der Waals surface area contributed by atoms with Crippen molar-refractivity contribution in [1.29, 1.82) is 0 Å². The maximum absolute atomic E-state index is 5.52. The quantitative estimate of drug-likeness (QED) is 0.0907. The molecule has 0 saturated carbocycles. The van der Waals surface area contributed by atoms with Crippen molar-refractivity contribution >= 4 is 22.8 Å². The van der Waals surface area contributed by atoms with Crippen molar-refractivity contribution < 1.29 is 0 Å². The summed E-state index contributed by atoms with van der Waals surface area (Å²) in [4.78, 5) is 16.0. The van der Waals surface area contributed by atoms with Gasteiger partial charge in [0, 0.05) is 11.8 Å². The SMILES string of the molecule is CC(=Nc1c(C(C)C)cccc1C(C)C)c1cccc(C(C)=Nc2c(C)cc(C(c3ccccc3)c3ccccc3)cc2C(c2ccccc2)c2ccccc2)n1. The largest absolute Gasteiger partial charge is 0.251 e. The van der Waals surface area contributed by atoms with Gasteiger partial charge in [0.1, 0.15) is 0 Å². The number of para-hydroxylation sites is 1. The summed E-state index contributed by atoms with van der Waals surface area (Å²) in [6.07, 6.45) is 0. The molecule has 3 nitrogen and oxygen atoms in total. The molecule has 6 aromatic carbocycles. The third-order valence-corrected chi connectivity index (χ3v) is 10.9. The Hall–Kier alpha value is -6.19. The van der Waals surface area contributed by atoms with Crippen molar-refractivity contribution in [2.75, 3.05) is 0 Å². The summed E-state index contributed by atoms with van der Waals surface area (Å²) < 4.78 is 0. The van der Waals surface area contributed by atoms with Gasteiger partial charge in [-0.2, -0.15) is 0 Å². The predicted molar refractivity (Wildman–Crippen MR) is 241 cm³/mol. The lowest BCUT2D eigenvalue weighted by Crippen LogP contribution is -2.10. The number of hydrogen-bond donors (Lipinski definition) is 0. The molecule has 7 aromatic rings. The molecular formula is C54H53N3. The van der Waals surface area contributed by atoms with E-state index in [1.165, 1.54) is 44.5 Å². The zero-order chi connectivity index (χ0) is 39.9. The first kappa shape index (κ1) is 39.1. The minimum Gasteiger partial charge on any atom is -0.251 e. The monoisotopic (exact) mass is 743 g/mol. The van der Waals surface area contributed by atoms with Crippen molar-refractivity contribution in [3.63, 3.8) is 0 Å². The predicted octanol–water partition coefficient (Wildman–Crippen LogP) is 14.3. The van der Waals surface area contributed by atoms with Gasteiger partial charge in [-0.1, -0.05) is 185 Å². The van der Waals surface area contributed by atoms with E-state index in [-0.39, 0.29) is 11.8 Å². The fraction of sp³-hybridized carbons (Fsp3) is 0.204. The summed E-state index contributed by atoms with van der Waals surface area (Å²) >= 11 is 0. The second-order valence-electron chi connectivity index (χ2n) is 15.7. The molecule has 0 bridgehead atoms. The highest BCUT2D eigenvalue weighted by Gasteiger charge is 2.26. The molecule has 0 aliphatic heterocycles. The Labute approximate surface area is 340 Å². The first-order chi connectivity index (χ1) is 27.7. The minimum absolute atomic E-state index is 0.0466. The molecule has 3 heteroatoms. The number of aryl methyl sites for hydroxylation is 1. The lowest BCUT2D eigenvalue weighted by molar-refractivity contribution is 0.834. The van der Waals surface area contributed by atoms with E-state index in [9.17, 15) is 0 Å². The van der Waals surface area contributed by atoms with Gasteiger partial charge in [-0.3, -0.25) is 9.98 Å². The van der Waals surface area contributed by atoms with E-state index < -0.39 is 0 Å². The van der Waals surface area contributed by atoms with Crippen molar-refractivity contribution in [3.05, 3.63) is 231 Å². The average molecular weight is 744 g/mol. The second-order valence-corrected chi connectivity index (χ2v) is 15.7. The Balaban J connectivity index is 1.40. The maximum atomic E-state index is 5.52. The van der Waals surface area contributed by atoms with Crippen molar-refractivity contribution in [3.8, 4) is 0 Å². The fourth-order valence-electron chi connectivity index (χ4n) is 8.01. The number of nitrogens with zero attached hydrogens (tertiary/aromatic N) is 3. The van der Waals surface area contributed by atoms with Gasteiger partial charge in [0.2, 0.25) is 0 Å². The van der Waals surface area contributed by atoms with Crippen LogP contribution in [0.15, 0.2) is 180 Å². The highest BCUT2D eigenvalue weighted by molar-refractivity contribution is 6.02. The van der Waals surface area contributed by atoms with E-state index in [4.69, 9.17) is 15.0 Å². The third-order valence-electron chi connectivity index (χ3n) is 10.9. The normalized spacial score (nSPS) is 12.3. The van der Waals surface area contributed by atoms with Gasteiger partial charge in [0.25, 0.3) is 0 Å². The molecule has 0 aliphatic carbocycles. The number of aliphatic imine (C=N–C) groups is 2. The molecule has 0 N–H and O–H groups in total. The Bertz CT molecular complexity index is 2380. The average Bonchev–Trinajstić information content (AvgIpc) is 3.23. The van der Waals surface area contributed by atoms with Crippen LogP contribution in [0.5, 0.6) is 0 Å². The molecule has 0 radical (unpaired) electrons. The molecule has 57 heavy (non-hydrogen) atoms. The minimum atomic E-state index is -0.0466. The second kappa shape index (κ2) is 17.7. The summed E-state index contributed by atoms with van der Waals surface area (Å²) in [6.45, 7) is 15.3. The molecule has 0 spiro atoms. The smallest absolute Gasteiger partial charge is 0.0849 e. The summed E-state index contributed by atoms with van der Waals surface area (Å²) in [5, 5.41) is 0. The molecule has 0 amide bonds. The molecule has 284 valence electrons. The van der Waals surface area contributed by atoms with E-state index in [1.54, 1.807) is 0 Å². The molecule has 0 aliphatic rings. The zero-order valence-corrected chi connectivity index (χ0v) is 34.3. The molecule has 0 unspecified atom stereocenters. The van der Waals surface area contributed by atoms with E-state index in [0.29, 0.717) is 11.8 Å². The van der Waals surface area contributed by atoms with E-state index in [1.807, 2.05) is 0 Å². The molecular weight excluding hydrogens is 691 g/mol. The van der Waals surface area contributed by atoms with Crippen LogP contribution in [0.1, 0.15) is 127 Å². The maximum Gasteiger partial charge on any atom is 0.0849 e. The Kier molecular flexibility index (Phi) is 12.2. The highest BCUT2D eigenvalue weighted by Crippen LogP contribution is 2.43. The van der Waals surface area contributed by atoms with Crippen LogP contribution in [-0.4, -0.2) is 16.4 Å². The van der Waals surface area contributed by atoms with Crippen LogP contribution in [0.3, 0.4) is 0 Å². The van der Waals surface area contributed by atoms with Gasteiger partial charge in [-0.05, 0) is 94.8 Å². The van der Waals surface area contributed by atoms with E-state index in [0.717, 1.165) is 39.7 Å². The Morgan fingerprint density at radius 2 is 0.789 bits per heavy atom. The van der Waals surface area contributed by atoms with Crippen LogP contribution in [0.4, 0.5) is 11.4 Å². The van der Waals surface area contributed by atoms with Gasteiger partial charge in [0.15, 0.2) is 0 Å². The van der Waals surface area contributed by atoms with Crippen LogP contribution in [-0.2, 0) is 0 Å². The number of hydrogen-bond acceptors (Lipinski definition) is 3. The summed E-state index contributed by atoms with van der Waals surface area (Å²) in [6, 6.07) is 60.9. The molecule has 0 saturated heterocycles. The standard InChI is InChI=1S/C54H53N3/c1-36(2)46-30-20-31-47(37(3)4)54(46)56-40(7)50-33-21-32-49(57-50)39(6)55-53-38(5)34-45(51(41-22-12-8-13-23-41)42-24-14-9-15-25-42)35-48(53)52(43-26-16-10-17-27-43)44-28-18-11-19-29-44/h8-37,51-52H,1-7H3. The first-order valence-electron chi connectivity index (χ1n) is 20.2. The summed E-state index contributed by atoms with van der Waals surface area (Å²) in [7, 11) is 0. The topological polar surface area (TPSA) is 37.6 Å². The first-order valence-corrected chi connectivity index (χ1v) is 20.2. The number of pyridine rings is 1. The highest BCUT2D eigenvalue weighted by atomic mass is 14.8. The Morgan fingerprint density at radius 1 is 0.404 bits per heavy atom. The molecule has 1 heterocycles. The van der Waals surface area contributed by atoms with Gasteiger partial charge in [0.05, 0.1) is 34.2 Å². The van der Waals surface area contributed by atoms with Crippen molar-refractivity contribution in [1.82, 2.24) is 4.98 Å². The fourth-order valence-corrected chi connectivity index (χ4v) is 8.01.